The molecule has 0 saturated carbocycles. The van der Waals surface area contributed by atoms with Crippen LogP contribution >= 0.6 is 0 Å². The third kappa shape index (κ3) is 3.21. The predicted octanol–water partition coefficient (Wildman–Crippen LogP) is 0.987. The fourth-order valence-corrected chi connectivity index (χ4v) is 3.04. The molecule has 24 heavy (non-hydrogen) atoms. The lowest BCUT2D eigenvalue weighted by molar-refractivity contribution is -0.152. The van der Waals surface area contributed by atoms with E-state index in [1.54, 1.807) is 4.90 Å². The molecule has 2 aliphatic heterocycles. The molecule has 0 unspecified atom stereocenters. The lowest BCUT2D eigenvalue weighted by Crippen LogP contribution is -2.65. The summed E-state index contributed by atoms with van der Waals surface area (Å²) in [6, 6.07) is 2.10. The summed E-state index contributed by atoms with van der Waals surface area (Å²) in [5.74, 6) is -1.95. The topological polar surface area (TPSA) is 52.7 Å². The van der Waals surface area contributed by atoms with Gasteiger partial charge < -0.3 is 10.2 Å². The number of fused-ring (bicyclic) bond motifs is 1. The van der Waals surface area contributed by atoms with E-state index in [9.17, 15) is 27.2 Å². The number of carbonyl (C=O) groups excluding carboxylic acids is 2. The molecule has 2 fully saturated rings. The van der Waals surface area contributed by atoms with Gasteiger partial charge in [0.1, 0.15) is 5.82 Å². The van der Waals surface area contributed by atoms with Crippen molar-refractivity contribution in [3.8, 4) is 0 Å². The first-order chi connectivity index (χ1) is 11.3. The van der Waals surface area contributed by atoms with E-state index in [1.165, 1.54) is 4.90 Å². The summed E-state index contributed by atoms with van der Waals surface area (Å²) in [5, 5.41) is 2.48. The zero-order valence-corrected chi connectivity index (χ0v) is 12.6. The molecular formula is C15H15F4N3O2. The largest absolute Gasteiger partial charge is 0.416 e. The molecule has 0 aromatic heterocycles. The second kappa shape index (κ2) is 6.04. The quantitative estimate of drug-likeness (QED) is 0.642. The van der Waals surface area contributed by atoms with E-state index in [-0.39, 0.29) is 31.2 Å². The first kappa shape index (κ1) is 16.7. The lowest BCUT2D eigenvalue weighted by Gasteiger charge is -2.43. The van der Waals surface area contributed by atoms with Gasteiger partial charge in [0, 0.05) is 38.3 Å². The van der Waals surface area contributed by atoms with Crippen LogP contribution in [0.3, 0.4) is 0 Å². The number of nitrogens with zero attached hydrogens (tertiary/aromatic N) is 2. The van der Waals surface area contributed by atoms with Crippen molar-refractivity contribution in [2.75, 3.05) is 26.2 Å². The maximum absolute atomic E-state index is 13.8. The number of amides is 2. The van der Waals surface area contributed by atoms with Crippen LogP contribution in [0.2, 0.25) is 0 Å². The van der Waals surface area contributed by atoms with Crippen LogP contribution in [0.4, 0.5) is 17.6 Å². The Hall–Kier alpha value is -2.16. The van der Waals surface area contributed by atoms with Crippen molar-refractivity contribution >= 4 is 11.8 Å². The molecule has 0 aliphatic carbocycles. The van der Waals surface area contributed by atoms with Crippen LogP contribution in [0.1, 0.15) is 11.1 Å². The van der Waals surface area contributed by atoms with Crippen molar-refractivity contribution in [1.29, 1.82) is 0 Å². The Labute approximate surface area is 135 Å². The number of benzene rings is 1. The minimum Gasteiger partial charge on any atom is -0.346 e. The van der Waals surface area contributed by atoms with E-state index in [4.69, 9.17) is 0 Å². The normalized spacial score (nSPS) is 22.3. The van der Waals surface area contributed by atoms with Crippen LogP contribution < -0.4 is 5.32 Å². The number of hydrogen-bond donors (Lipinski definition) is 1. The molecule has 1 N–H and O–H groups in total. The van der Waals surface area contributed by atoms with Gasteiger partial charge in [-0.25, -0.2) is 4.39 Å². The van der Waals surface area contributed by atoms with E-state index in [0.717, 1.165) is 12.1 Å². The van der Waals surface area contributed by atoms with Crippen LogP contribution in [0, 0.1) is 5.82 Å². The van der Waals surface area contributed by atoms with E-state index < -0.39 is 29.4 Å². The first-order valence-corrected chi connectivity index (χ1v) is 7.42. The van der Waals surface area contributed by atoms with Gasteiger partial charge in [-0.3, -0.25) is 14.5 Å². The molecule has 3 rings (SSSR count). The molecule has 130 valence electrons. The minimum absolute atomic E-state index is 0.0161. The van der Waals surface area contributed by atoms with Crippen LogP contribution in [-0.4, -0.2) is 53.8 Å². The maximum Gasteiger partial charge on any atom is 0.416 e. The van der Waals surface area contributed by atoms with Gasteiger partial charge in [-0.15, -0.1) is 0 Å². The van der Waals surface area contributed by atoms with Crippen LogP contribution in [-0.2, 0) is 22.3 Å². The number of piperazine rings is 2. The highest BCUT2D eigenvalue weighted by molar-refractivity contribution is 6.35. The Morgan fingerprint density at radius 1 is 1.21 bits per heavy atom. The Morgan fingerprint density at radius 3 is 2.67 bits per heavy atom. The van der Waals surface area contributed by atoms with Gasteiger partial charge in [-0.05, 0) is 18.2 Å². The predicted molar refractivity (Wildman–Crippen MR) is 75.2 cm³/mol. The standard InChI is InChI=1S/C15H15F4N3O2/c16-12-2-1-10(15(17,18)19)5-9(12)7-21-3-4-22-11(8-21)6-20-13(23)14(22)24/h1-2,5,11H,3-4,6-8H2,(H,20,23)/t11-/m0/s1. The summed E-state index contributed by atoms with van der Waals surface area (Å²) >= 11 is 0. The number of carbonyl (C=O) groups is 2. The van der Waals surface area contributed by atoms with Gasteiger partial charge in [0.2, 0.25) is 0 Å². The molecule has 5 nitrogen and oxygen atoms in total. The Kier molecular flexibility index (Phi) is 4.20. The smallest absolute Gasteiger partial charge is 0.346 e. The summed E-state index contributed by atoms with van der Waals surface area (Å²) in [7, 11) is 0. The first-order valence-electron chi connectivity index (χ1n) is 7.42. The second-order valence-electron chi connectivity index (χ2n) is 5.90. The van der Waals surface area contributed by atoms with Gasteiger partial charge in [0.05, 0.1) is 11.6 Å². The summed E-state index contributed by atoms with van der Waals surface area (Å²) in [6.45, 7) is 1.32. The average molecular weight is 345 g/mol. The highest BCUT2D eigenvalue weighted by Crippen LogP contribution is 2.30. The van der Waals surface area contributed by atoms with E-state index in [2.05, 4.69) is 5.32 Å². The van der Waals surface area contributed by atoms with E-state index in [0.29, 0.717) is 19.2 Å². The Bertz CT molecular complexity index is 677. The molecule has 1 aromatic rings. The zero-order chi connectivity index (χ0) is 17.5. The number of rotatable bonds is 2. The monoisotopic (exact) mass is 345 g/mol. The minimum atomic E-state index is -4.53. The highest BCUT2D eigenvalue weighted by atomic mass is 19.4. The number of halogens is 4. The molecule has 2 heterocycles. The molecule has 0 radical (unpaired) electrons. The van der Waals surface area contributed by atoms with Crippen molar-refractivity contribution in [2.24, 2.45) is 0 Å². The zero-order valence-electron chi connectivity index (χ0n) is 12.6. The van der Waals surface area contributed by atoms with Gasteiger partial charge in [-0.1, -0.05) is 0 Å². The van der Waals surface area contributed by atoms with Crippen LogP contribution in [0.25, 0.3) is 0 Å². The van der Waals surface area contributed by atoms with Crippen molar-refractivity contribution in [2.45, 2.75) is 18.8 Å². The molecule has 0 bridgehead atoms. The molecule has 0 spiro atoms. The number of alkyl halides is 3. The summed E-state index contributed by atoms with van der Waals surface area (Å²) in [5.41, 5.74) is -0.929. The summed E-state index contributed by atoms with van der Waals surface area (Å²) < 4.78 is 52.1. The molecule has 1 aromatic carbocycles. The Morgan fingerprint density at radius 2 is 1.96 bits per heavy atom. The van der Waals surface area contributed by atoms with Gasteiger partial charge in [0.25, 0.3) is 0 Å². The number of hydrogen-bond acceptors (Lipinski definition) is 3. The van der Waals surface area contributed by atoms with Crippen LogP contribution in [0.5, 0.6) is 0 Å². The lowest BCUT2D eigenvalue weighted by atomic mass is 10.1. The molecule has 2 saturated heterocycles. The van der Waals surface area contributed by atoms with Crippen molar-refractivity contribution in [3.05, 3.63) is 35.1 Å². The van der Waals surface area contributed by atoms with Crippen molar-refractivity contribution in [1.82, 2.24) is 15.1 Å². The van der Waals surface area contributed by atoms with Crippen LogP contribution in [0.15, 0.2) is 18.2 Å². The molecule has 2 amide bonds. The average Bonchev–Trinajstić information content (AvgIpc) is 2.52. The van der Waals surface area contributed by atoms with Gasteiger partial charge in [-0.2, -0.15) is 13.2 Å². The molecule has 9 heteroatoms. The fraction of sp³-hybridized carbons (Fsp3) is 0.467. The summed E-state index contributed by atoms with van der Waals surface area (Å²) in [6.07, 6.45) is -4.53. The van der Waals surface area contributed by atoms with E-state index >= 15 is 0 Å². The SMILES string of the molecule is O=C1NC[C@H]2CN(Cc3cc(C(F)(F)F)ccc3F)CCN2C1=O. The molecular weight excluding hydrogens is 330 g/mol. The Balaban J connectivity index is 1.72. The third-order valence-corrected chi connectivity index (χ3v) is 4.29. The third-order valence-electron chi connectivity index (χ3n) is 4.29. The second-order valence-corrected chi connectivity index (χ2v) is 5.90. The fourth-order valence-electron chi connectivity index (χ4n) is 3.04. The van der Waals surface area contributed by atoms with Crippen molar-refractivity contribution < 1.29 is 27.2 Å². The summed E-state index contributed by atoms with van der Waals surface area (Å²) in [4.78, 5) is 26.3. The molecule has 2 aliphatic rings. The number of nitrogens with one attached hydrogen (secondary N) is 1. The van der Waals surface area contributed by atoms with E-state index in [1.807, 2.05) is 0 Å². The van der Waals surface area contributed by atoms with Gasteiger partial charge in [0.15, 0.2) is 0 Å². The van der Waals surface area contributed by atoms with Crippen molar-refractivity contribution in [3.63, 3.8) is 0 Å². The highest BCUT2D eigenvalue weighted by Gasteiger charge is 2.38. The maximum atomic E-state index is 13.8. The van der Waals surface area contributed by atoms with Gasteiger partial charge >= 0.3 is 18.0 Å². The molecule has 1 atom stereocenters.